The molecule has 2 aromatic carbocycles. The zero-order chi connectivity index (χ0) is 42.9. The van der Waals surface area contributed by atoms with Gasteiger partial charge in [-0.3, -0.25) is 18.9 Å². The number of fused-ring (bicyclic) bond motifs is 2. The number of rotatable bonds is 7. The minimum Gasteiger partial charge on any atom is -0.376 e. The molecule has 5 aromatic heterocycles. The van der Waals surface area contributed by atoms with Gasteiger partial charge in [-0.05, 0) is 113 Å². The molecule has 1 aliphatic carbocycles. The highest BCUT2D eigenvalue weighted by molar-refractivity contribution is 6.00. The normalized spacial score (nSPS) is 22.2. The van der Waals surface area contributed by atoms with Crippen LogP contribution in [0.4, 0.5) is 8.78 Å². The van der Waals surface area contributed by atoms with Crippen LogP contribution in [0.2, 0.25) is 0 Å². The van der Waals surface area contributed by atoms with Gasteiger partial charge >= 0.3 is 11.4 Å². The molecule has 1 N–H and O–H groups in total. The second-order valence-corrected chi connectivity index (χ2v) is 17.7. The highest BCUT2D eigenvalue weighted by Gasteiger charge is 2.59. The Bertz CT molecular complexity index is 3010. The zero-order valence-electron chi connectivity index (χ0n) is 35.0. The number of aryl methyl sites for hydroxylation is 3. The van der Waals surface area contributed by atoms with Gasteiger partial charge in [0.15, 0.2) is 11.6 Å². The number of hydrogen-bond donors (Lipinski definition) is 1. The number of H-pyrrole nitrogens is 1. The number of ether oxygens (including phenoxy) is 1. The molecule has 0 radical (unpaired) electrons. The first kappa shape index (κ1) is 38.8. The number of nitrogens with one attached hydrogen (secondary N) is 1. The number of amides is 1. The molecule has 2 fully saturated rings. The molecule has 2 aliphatic heterocycles. The van der Waals surface area contributed by atoms with Gasteiger partial charge in [0.05, 0.1) is 29.4 Å². The first-order chi connectivity index (χ1) is 29.1. The predicted octanol–water partition coefficient (Wildman–Crippen LogP) is 6.29. The summed E-state index contributed by atoms with van der Waals surface area (Å²) in [6.45, 7) is 12.5. The molecule has 4 atom stereocenters. The van der Waals surface area contributed by atoms with Gasteiger partial charge in [-0.1, -0.05) is 18.1 Å². The molecule has 1 saturated carbocycles. The van der Waals surface area contributed by atoms with Crippen molar-refractivity contribution in [2.24, 2.45) is 13.0 Å². The minimum absolute atomic E-state index is 0.00406. The van der Waals surface area contributed by atoms with Crippen molar-refractivity contribution in [3.63, 3.8) is 0 Å². The van der Waals surface area contributed by atoms with Gasteiger partial charge in [0.1, 0.15) is 22.9 Å². The van der Waals surface area contributed by atoms with Crippen molar-refractivity contribution in [2.45, 2.75) is 90.3 Å². The molecule has 0 unspecified atom stereocenters. The molecule has 1 saturated heterocycles. The molecule has 17 heteroatoms. The van der Waals surface area contributed by atoms with E-state index in [2.05, 4.69) is 54.1 Å². The quantitative estimate of drug-likeness (QED) is 0.197. The average molecular weight is 833 g/mol. The van der Waals surface area contributed by atoms with Crippen LogP contribution in [0.15, 0.2) is 69.2 Å². The maximum absolute atomic E-state index is 15.4. The smallest absolute Gasteiger partial charge is 0.376 e. The van der Waals surface area contributed by atoms with E-state index >= 15 is 9.18 Å². The largest absolute Gasteiger partial charge is 0.438 e. The molecule has 10 rings (SSSR count). The van der Waals surface area contributed by atoms with E-state index in [1.807, 2.05) is 17.6 Å². The van der Waals surface area contributed by atoms with E-state index in [1.54, 1.807) is 42.6 Å². The van der Waals surface area contributed by atoms with Gasteiger partial charge in [-0.2, -0.15) is 9.49 Å². The maximum Gasteiger partial charge on any atom is 0.438 e. The van der Waals surface area contributed by atoms with E-state index in [9.17, 15) is 14.0 Å². The summed E-state index contributed by atoms with van der Waals surface area (Å²) in [6, 6.07) is 11.0. The molecule has 0 bridgehead atoms. The summed E-state index contributed by atoms with van der Waals surface area (Å²) < 4.78 is 48.7. The lowest BCUT2D eigenvalue weighted by atomic mass is 9.83. The minimum atomic E-state index is -0.850. The number of aromatic nitrogens is 9. The molecular formula is C44H46F2N10O5. The Morgan fingerprint density at radius 2 is 1.70 bits per heavy atom. The molecule has 61 heavy (non-hydrogen) atoms. The van der Waals surface area contributed by atoms with E-state index < -0.39 is 29.0 Å². The van der Waals surface area contributed by atoms with Crippen LogP contribution in [0.5, 0.6) is 0 Å². The molecule has 7 aromatic rings. The molecule has 0 spiro atoms. The number of imidazole rings is 2. The van der Waals surface area contributed by atoms with E-state index in [4.69, 9.17) is 14.4 Å². The highest BCUT2D eigenvalue weighted by Crippen LogP contribution is 2.56. The van der Waals surface area contributed by atoms with Crippen molar-refractivity contribution in [2.75, 3.05) is 13.2 Å². The van der Waals surface area contributed by atoms with Crippen LogP contribution < -0.4 is 11.4 Å². The van der Waals surface area contributed by atoms with Gasteiger partial charge < -0.3 is 18.8 Å². The fraction of sp³-hybridized carbons (Fsp3) is 0.409. The van der Waals surface area contributed by atoms with Crippen LogP contribution in [-0.4, -0.2) is 72.7 Å². The Morgan fingerprint density at radius 1 is 0.984 bits per heavy atom. The maximum atomic E-state index is 15.4. The number of hydrogen-bond acceptors (Lipinski definition) is 8. The third-order valence-corrected chi connectivity index (χ3v) is 13.2. The van der Waals surface area contributed by atoms with Crippen LogP contribution in [0.1, 0.15) is 103 Å². The summed E-state index contributed by atoms with van der Waals surface area (Å²) in [5.74, 6) is -1.18. The van der Waals surface area contributed by atoms with Crippen molar-refractivity contribution >= 4 is 16.8 Å². The first-order valence-electron chi connectivity index (χ1n) is 20.6. The lowest BCUT2D eigenvalue weighted by molar-refractivity contribution is -0.0592. The topological polar surface area (TPSA) is 156 Å². The Balaban J connectivity index is 1.13. The fourth-order valence-corrected chi connectivity index (χ4v) is 10.1. The van der Waals surface area contributed by atoms with Gasteiger partial charge in [0, 0.05) is 55.5 Å². The standard InChI is InChI=1S/C44H46F2N10O5/c1-23-16-30(17-24(2)35(23)45)56-37(53-13-14-54(42(53)59)38-36(46)47-22-51(38)7)34-26(4)52(12-10-31(34)49-56)39(57)33-19-29-18-27(28-11-15-60-43(5,6)21-28)8-9-32(29)55(33)44(20-25(44)3)40-48-41(58)61-50-40/h8-9,13-14,16-19,22,25-26,28H,10-12,15,20-21H2,1-7H3,(H,48,50,58)/t25-,26-,28-,44-/m0/s1. The number of aromatic amines is 1. The monoisotopic (exact) mass is 832 g/mol. The number of nitrogens with zero attached hydrogens (tertiary/aromatic N) is 9. The van der Waals surface area contributed by atoms with Crippen molar-refractivity contribution in [1.82, 2.24) is 48.1 Å². The Kier molecular flexibility index (Phi) is 8.64. The van der Waals surface area contributed by atoms with E-state index in [0.717, 1.165) is 29.3 Å². The molecule has 3 aliphatic rings. The van der Waals surface area contributed by atoms with Gasteiger partial charge in [0.25, 0.3) is 11.9 Å². The lowest BCUT2D eigenvalue weighted by Gasteiger charge is -2.35. The van der Waals surface area contributed by atoms with Crippen LogP contribution in [0.25, 0.3) is 28.2 Å². The summed E-state index contributed by atoms with van der Waals surface area (Å²) in [5, 5.41) is 10.1. The van der Waals surface area contributed by atoms with Crippen molar-refractivity contribution in [3.05, 3.63) is 127 Å². The molecular weight excluding hydrogens is 787 g/mol. The summed E-state index contributed by atoms with van der Waals surface area (Å²) in [4.78, 5) is 50.5. The predicted molar refractivity (Wildman–Crippen MR) is 220 cm³/mol. The molecule has 7 heterocycles. The Hall–Kier alpha value is -6.36. The second kappa shape index (κ2) is 13.6. The van der Waals surface area contributed by atoms with Crippen LogP contribution >= 0.6 is 0 Å². The fourth-order valence-electron chi connectivity index (χ4n) is 10.1. The van der Waals surface area contributed by atoms with Crippen LogP contribution in [0, 0.1) is 31.5 Å². The van der Waals surface area contributed by atoms with E-state index in [-0.39, 0.29) is 35.0 Å². The number of benzene rings is 2. The number of carbonyl (C=O) groups excluding carboxylic acids is 1. The van der Waals surface area contributed by atoms with Gasteiger partial charge in [-0.25, -0.2) is 28.2 Å². The first-order valence-corrected chi connectivity index (χ1v) is 20.6. The van der Waals surface area contributed by atoms with Crippen LogP contribution in [-0.2, 0) is 23.7 Å². The second-order valence-electron chi connectivity index (χ2n) is 17.7. The van der Waals surface area contributed by atoms with Gasteiger partial charge in [-0.15, -0.1) is 0 Å². The van der Waals surface area contributed by atoms with E-state index in [1.165, 1.54) is 32.4 Å². The van der Waals surface area contributed by atoms with Crippen molar-refractivity contribution in [1.29, 1.82) is 0 Å². The van der Waals surface area contributed by atoms with Crippen molar-refractivity contribution in [3.8, 4) is 17.3 Å². The third kappa shape index (κ3) is 5.90. The SMILES string of the molecule is Cc1cc(-n2nc3c(c2-n2ccn(-c4c(F)ncn4C)c2=O)[C@H](C)N(C(=O)c2cc4cc([C@H]5CCOC(C)(C)C5)ccc4n2[C@@]2(c4noc(=O)[nH]4)C[C@@H]2C)CC3)cc(C)c1F. The molecule has 316 valence electrons. The summed E-state index contributed by atoms with van der Waals surface area (Å²) >= 11 is 0. The molecule has 1 amide bonds. The lowest BCUT2D eigenvalue weighted by Crippen LogP contribution is -2.41. The summed E-state index contributed by atoms with van der Waals surface area (Å²) in [5.41, 5.74) is 3.29. The Morgan fingerprint density at radius 3 is 2.34 bits per heavy atom. The zero-order valence-corrected chi connectivity index (χ0v) is 35.0. The van der Waals surface area contributed by atoms with Crippen molar-refractivity contribution < 1.29 is 22.8 Å². The number of halogens is 2. The molecule has 15 nitrogen and oxygen atoms in total. The highest BCUT2D eigenvalue weighted by atomic mass is 19.1. The third-order valence-electron chi connectivity index (χ3n) is 13.2. The van der Waals surface area contributed by atoms with Gasteiger partial charge in [0.2, 0.25) is 0 Å². The Labute approximate surface area is 348 Å². The van der Waals surface area contributed by atoms with Crippen LogP contribution in [0.3, 0.4) is 0 Å². The summed E-state index contributed by atoms with van der Waals surface area (Å²) in [6.07, 6.45) is 6.98. The average Bonchev–Trinajstić information content (AvgIpc) is 3.82. The van der Waals surface area contributed by atoms with E-state index in [0.29, 0.717) is 71.4 Å². The number of carbonyl (C=O) groups is 1. The summed E-state index contributed by atoms with van der Waals surface area (Å²) in [7, 11) is 1.59.